The smallest absolute Gasteiger partial charge is 0.248 e. The number of hydrogen-bond donors (Lipinski definition) is 2. The molecular weight excluding hydrogens is 624 g/mol. The van der Waals surface area contributed by atoms with E-state index in [1.54, 1.807) is 18.3 Å². The first-order valence-electron chi connectivity index (χ1n) is 15.6. The van der Waals surface area contributed by atoms with Gasteiger partial charge in [-0.3, -0.25) is 14.7 Å². The van der Waals surface area contributed by atoms with Crippen molar-refractivity contribution in [2.45, 2.75) is 31.3 Å². The van der Waals surface area contributed by atoms with Gasteiger partial charge in [-0.2, -0.15) is 0 Å². The third kappa shape index (κ3) is 7.80. The van der Waals surface area contributed by atoms with Crippen LogP contribution in [0.1, 0.15) is 12.1 Å². The molecule has 0 spiro atoms. The van der Waals surface area contributed by atoms with Gasteiger partial charge in [-0.05, 0) is 36.4 Å². The van der Waals surface area contributed by atoms with Crippen molar-refractivity contribution in [3.05, 3.63) is 83.9 Å². The largest absolute Gasteiger partial charge is 0.486 e. The number of hydrogen-bond acceptors (Lipinski definition) is 11. The van der Waals surface area contributed by atoms with Gasteiger partial charge in [0.25, 0.3) is 0 Å². The van der Waals surface area contributed by atoms with E-state index in [0.717, 1.165) is 25.2 Å². The Morgan fingerprint density at radius 1 is 1.02 bits per heavy atom. The molecule has 4 aromatic rings. The van der Waals surface area contributed by atoms with Gasteiger partial charge >= 0.3 is 0 Å². The van der Waals surface area contributed by atoms with Crippen LogP contribution in [-0.4, -0.2) is 90.1 Å². The highest BCUT2D eigenvalue weighted by Crippen LogP contribution is 2.36. The van der Waals surface area contributed by atoms with Crippen molar-refractivity contribution in [1.82, 2.24) is 19.9 Å². The third-order valence-electron chi connectivity index (χ3n) is 8.14. The van der Waals surface area contributed by atoms with Crippen LogP contribution in [0, 0.1) is 0 Å². The second-order valence-corrected chi connectivity index (χ2v) is 11.9. The van der Waals surface area contributed by atoms with Gasteiger partial charge < -0.3 is 34.3 Å². The number of anilines is 3. The minimum atomic E-state index is -0.277. The topological polar surface area (TPSA) is 129 Å². The van der Waals surface area contributed by atoms with E-state index in [0.29, 0.717) is 84.2 Å². The molecule has 0 radical (unpaired) electrons. The zero-order chi connectivity index (χ0) is 32.0. The van der Waals surface area contributed by atoms with Gasteiger partial charge in [-0.25, -0.2) is 9.97 Å². The zero-order valence-electron chi connectivity index (χ0n) is 25.6. The zero-order valence-corrected chi connectivity index (χ0v) is 26.4. The molecule has 47 heavy (non-hydrogen) atoms. The highest BCUT2D eigenvalue weighted by Gasteiger charge is 2.35. The summed E-state index contributed by atoms with van der Waals surface area (Å²) in [5.74, 6) is 1.31. The summed E-state index contributed by atoms with van der Waals surface area (Å²) >= 11 is 6.57. The lowest BCUT2D eigenvalue weighted by molar-refractivity contribution is -0.116. The van der Waals surface area contributed by atoms with E-state index in [1.807, 2.05) is 42.5 Å². The van der Waals surface area contributed by atoms with Crippen LogP contribution in [0.2, 0.25) is 5.02 Å². The summed E-state index contributed by atoms with van der Waals surface area (Å²) in [6.45, 7) is 4.84. The molecule has 2 aromatic carbocycles. The molecule has 3 fully saturated rings. The van der Waals surface area contributed by atoms with Gasteiger partial charge in [0, 0.05) is 55.5 Å². The molecule has 0 bridgehead atoms. The van der Waals surface area contributed by atoms with Crippen molar-refractivity contribution < 1.29 is 28.5 Å². The highest BCUT2D eigenvalue weighted by atomic mass is 35.5. The van der Waals surface area contributed by atoms with Crippen molar-refractivity contribution in [2.75, 3.05) is 56.7 Å². The number of nitrogens with one attached hydrogen (secondary N) is 2. The van der Waals surface area contributed by atoms with Gasteiger partial charge in [0.2, 0.25) is 5.91 Å². The monoisotopic (exact) mass is 658 g/mol. The van der Waals surface area contributed by atoms with Crippen molar-refractivity contribution in [1.29, 1.82) is 0 Å². The van der Waals surface area contributed by atoms with Gasteiger partial charge in [0.15, 0.2) is 0 Å². The molecule has 1 amide bonds. The number of fused-ring (bicyclic) bond motifs is 2. The second-order valence-electron chi connectivity index (χ2n) is 11.5. The maximum Gasteiger partial charge on any atom is 0.248 e. The fraction of sp³-hybridized carbons (Fsp3) is 0.353. The number of amides is 1. The average Bonchev–Trinajstić information content (AvgIpc) is 3.75. The third-order valence-corrected chi connectivity index (χ3v) is 8.44. The minimum Gasteiger partial charge on any atom is -0.486 e. The predicted octanol–water partition coefficient (Wildman–Crippen LogP) is 4.76. The van der Waals surface area contributed by atoms with E-state index < -0.39 is 0 Å². The number of nitrogens with zero attached hydrogens (tertiary/aromatic N) is 4. The Morgan fingerprint density at radius 2 is 1.89 bits per heavy atom. The first-order chi connectivity index (χ1) is 23.1. The molecule has 12 nitrogen and oxygen atoms in total. The van der Waals surface area contributed by atoms with E-state index in [-0.39, 0.29) is 24.2 Å². The summed E-state index contributed by atoms with van der Waals surface area (Å²) in [6, 6.07) is 14.7. The quantitative estimate of drug-likeness (QED) is 0.216. The SMILES string of the molecule is O=C(C=CCN1C[C@@H]2OCCO[C@@H]2C1)Nc1cc2c(Nc3ccc(OCc4ccccn4)c(Cl)c3)ncnc2cc1OC1CCOC1. The Bertz CT molecular complexity index is 1720. The van der Waals surface area contributed by atoms with Gasteiger partial charge in [-0.15, -0.1) is 0 Å². The fourth-order valence-electron chi connectivity index (χ4n) is 5.80. The van der Waals surface area contributed by atoms with E-state index in [9.17, 15) is 4.79 Å². The fourth-order valence-corrected chi connectivity index (χ4v) is 6.04. The Labute approximate surface area is 277 Å². The Kier molecular flexibility index (Phi) is 9.73. The number of ether oxygens (including phenoxy) is 5. The minimum absolute atomic E-state index is 0.0901. The summed E-state index contributed by atoms with van der Waals surface area (Å²) in [5.41, 5.74) is 2.65. The number of halogens is 1. The van der Waals surface area contributed by atoms with Crippen LogP contribution < -0.4 is 20.1 Å². The van der Waals surface area contributed by atoms with Crippen LogP contribution in [0.15, 0.2) is 73.2 Å². The lowest BCUT2D eigenvalue weighted by Crippen LogP contribution is -2.36. The van der Waals surface area contributed by atoms with Crippen molar-refractivity contribution in [2.24, 2.45) is 0 Å². The predicted molar refractivity (Wildman–Crippen MR) is 176 cm³/mol. The number of aromatic nitrogens is 3. The van der Waals surface area contributed by atoms with Crippen LogP contribution in [0.3, 0.4) is 0 Å². The molecule has 1 unspecified atom stereocenters. The summed E-state index contributed by atoms with van der Waals surface area (Å²) in [4.78, 5) is 28.6. The molecule has 7 rings (SSSR count). The molecule has 3 atom stereocenters. The molecule has 3 aliphatic rings. The van der Waals surface area contributed by atoms with Gasteiger partial charge in [-0.1, -0.05) is 23.7 Å². The van der Waals surface area contributed by atoms with Crippen LogP contribution >= 0.6 is 11.6 Å². The standard InChI is InChI=1S/C34H35ClN6O6/c35-26-14-22(6-7-29(26)46-19-23-4-1-2-9-36-23)39-34-25-15-28(30(16-27(25)37-21-38-34)47-24-8-11-43-20-24)40-33(42)5-3-10-41-17-31-32(18-41)45-13-12-44-31/h1-7,9,14-16,21,24,31-32H,8,10-13,17-20H2,(H,40,42)(H,37,38,39)/t24?,31-,32+. The Morgan fingerprint density at radius 3 is 2.66 bits per heavy atom. The number of likely N-dealkylation sites (tertiary alicyclic amines) is 1. The number of pyridine rings is 1. The van der Waals surface area contributed by atoms with E-state index in [1.165, 1.54) is 12.4 Å². The molecule has 0 aliphatic carbocycles. The summed E-state index contributed by atoms with van der Waals surface area (Å²) in [7, 11) is 0. The summed E-state index contributed by atoms with van der Waals surface area (Å²) < 4.78 is 29.3. The number of rotatable bonds is 11. The molecule has 5 heterocycles. The lowest BCUT2D eigenvalue weighted by Gasteiger charge is -2.24. The summed E-state index contributed by atoms with van der Waals surface area (Å²) in [5, 5.41) is 7.46. The Hall–Kier alpha value is -4.33. The molecule has 3 saturated heterocycles. The molecule has 3 aliphatic heterocycles. The maximum absolute atomic E-state index is 13.1. The molecule has 244 valence electrons. The number of carbonyl (C=O) groups is 1. The van der Waals surface area contributed by atoms with Crippen LogP contribution in [0.5, 0.6) is 11.5 Å². The first-order valence-corrected chi connectivity index (χ1v) is 16.0. The van der Waals surface area contributed by atoms with E-state index >= 15 is 0 Å². The highest BCUT2D eigenvalue weighted by molar-refractivity contribution is 6.32. The van der Waals surface area contributed by atoms with Crippen LogP contribution in [-0.2, 0) is 25.6 Å². The first kappa shape index (κ1) is 31.3. The number of carbonyl (C=O) groups excluding carboxylic acids is 1. The molecule has 0 saturated carbocycles. The lowest BCUT2D eigenvalue weighted by atomic mass is 10.1. The number of benzene rings is 2. The molecular formula is C34H35ClN6O6. The Balaban J connectivity index is 1.07. The van der Waals surface area contributed by atoms with Gasteiger partial charge in [0.1, 0.15) is 36.4 Å². The molecule has 13 heteroatoms. The molecule has 2 N–H and O–H groups in total. The normalized spacial score (nSPS) is 21.2. The van der Waals surface area contributed by atoms with E-state index in [2.05, 4.69) is 30.5 Å². The van der Waals surface area contributed by atoms with Crippen LogP contribution in [0.25, 0.3) is 10.9 Å². The van der Waals surface area contributed by atoms with Crippen molar-refractivity contribution in [3.8, 4) is 11.5 Å². The van der Waals surface area contributed by atoms with Gasteiger partial charge in [0.05, 0.1) is 60.6 Å². The second kappa shape index (κ2) is 14.6. The van der Waals surface area contributed by atoms with E-state index in [4.69, 9.17) is 35.3 Å². The molecule has 2 aromatic heterocycles. The average molecular weight is 659 g/mol. The maximum atomic E-state index is 13.1. The van der Waals surface area contributed by atoms with Crippen molar-refractivity contribution in [3.63, 3.8) is 0 Å². The van der Waals surface area contributed by atoms with Crippen molar-refractivity contribution >= 4 is 45.6 Å². The van der Waals surface area contributed by atoms with Crippen LogP contribution in [0.4, 0.5) is 17.2 Å². The summed E-state index contributed by atoms with van der Waals surface area (Å²) in [6.07, 6.45) is 7.40.